The number of ether oxygens (including phenoxy) is 1. The van der Waals surface area contributed by atoms with Gasteiger partial charge in [0.1, 0.15) is 0 Å². The summed E-state index contributed by atoms with van der Waals surface area (Å²) >= 11 is 0. The summed E-state index contributed by atoms with van der Waals surface area (Å²) in [5.41, 5.74) is 2.35. The Morgan fingerprint density at radius 2 is 1.96 bits per heavy atom. The number of para-hydroxylation sites is 1. The smallest absolute Gasteiger partial charge is 0.321 e. The highest BCUT2D eigenvalue weighted by molar-refractivity contribution is 5.96. The van der Waals surface area contributed by atoms with Crippen LogP contribution < -0.4 is 15.5 Å². The fraction of sp³-hybridized carbons (Fsp3) is 0.579. The first-order valence-corrected chi connectivity index (χ1v) is 9.27. The van der Waals surface area contributed by atoms with Crippen LogP contribution in [-0.4, -0.2) is 62.3 Å². The molecule has 0 bridgehead atoms. The molecule has 7 nitrogen and oxygen atoms in total. The third-order valence-electron chi connectivity index (χ3n) is 4.95. The van der Waals surface area contributed by atoms with Crippen molar-refractivity contribution in [3.63, 3.8) is 0 Å². The summed E-state index contributed by atoms with van der Waals surface area (Å²) in [6.45, 7) is 5.66. The Morgan fingerprint density at radius 1 is 1.27 bits per heavy atom. The summed E-state index contributed by atoms with van der Waals surface area (Å²) in [6, 6.07) is 7.68. The van der Waals surface area contributed by atoms with Crippen LogP contribution >= 0.6 is 0 Å². The summed E-state index contributed by atoms with van der Waals surface area (Å²) in [5, 5.41) is 5.21. The summed E-state index contributed by atoms with van der Waals surface area (Å²) in [7, 11) is 1.90. The van der Waals surface area contributed by atoms with Crippen LogP contribution in [-0.2, 0) is 16.1 Å². The zero-order valence-corrected chi connectivity index (χ0v) is 15.5. The van der Waals surface area contributed by atoms with E-state index >= 15 is 0 Å². The molecule has 7 heteroatoms. The predicted molar refractivity (Wildman–Crippen MR) is 100 cm³/mol. The molecule has 3 rings (SSSR count). The SMILES string of the molecule is CC(C(=O)NC(=O)NC1CC1)N(C)Cc1ccccc1N1CCOCC1. The Hall–Kier alpha value is -2.12. The maximum absolute atomic E-state index is 12.3. The van der Waals surface area contributed by atoms with Gasteiger partial charge in [-0.1, -0.05) is 18.2 Å². The summed E-state index contributed by atoms with van der Waals surface area (Å²) < 4.78 is 5.44. The maximum atomic E-state index is 12.3. The van der Waals surface area contributed by atoms with Gasteiger partial charge in [0.15, 0.2) is 0 Å². The number of hydrogen-bond donors (Lipinski definition) is 2. The normalized spacial score (nSPS) is 18.5. The second-order valence-corrected chi connectivity index (χ2v) is 7.06. The number of carbonyl (C=O) groups excluding carboxylic acids is 2. The lowest BCUT2D eigenvalue weighted by Gasteiger charge is -2.32. The fourth-order valence-corrected chi connectivity index (χ4v) is 3.03. The zero-order chi connectivity index (χ0) is 18.5. The molecule has 0 radical (unpaired) electrons. The molecule has 1 atom stereocenters. The van der Waals surface area contributed by atoms with E-state index in [0.29, 0.717) is 6.54 Å². The highest BCUT2D eigenvalue weighted by Crippen LogP contribution is 2.23. The van der Waals surface area contributed by atoms with Crippen LogP contribution in [0.15, 0.2) is 24.3 Å². The minimum atomic E-state index is -0.405. The number of nitrogens with one attached hydrogen (secondary N) is 2. The number of carbonyl (C=O) groups is 2. The lowest BCUT2D eigenvalue weighted by molar-refractivity contribution is -0.124. The fourth-order valence-electron chi connectivity index (χ4n) is 3.03. The standard InChI is InChI=1S/C19H28N4O3/c1-14(18(24)21-19(25)20-16-7-8-16)22(2)13-15-5-3-4-6-17(15)23-9-11-26-12-10-23/h3-6,14,16H,7-13H2,1-2H3,(H2,20,21,24,25). The first kappa shape index (κ1) is 18.7. The van der Waals surface area contributed by atoms with Crippen LogP contribution in [0.4, 0.5) is 10.5 Å². The molecule has 26 heavy (non-hydrogen) atoms. The molecule has 1 aliphatic carbocycles. The molecule has 2 fully saturated rings. The first-order valence-electron chi connectivity index (χ1n) is 9.27. The lowest BCUT2D eigenvalue weighted by Crippen LogP contribution is -2.48. The summed E-state index contributed by atoms with van der Waals surface area (Å²) in [5.74, 6) is -0.283. The van der Waals surface area contributed by atoms with Gasteiger partial charge in [-0.05, 0) is 38.4 Å². The van der Waals surface area contributed by atoms with Crippen LogP contribution in [0.5, 0.6) is 0 Å². The number of imide groups is 1. The van der Waals surface area contributed by atoms with E-state index in [1.165, 1.54) is 11.3 Å². The van der Waals surface area contributed by atoms with E-state index in [1.54, 1.807) is 0 Å². The van der Waals surface area contributed by atoms with Crippen molar-refractivity contribution in [2.75, 3.05) is 38.3 Å². The van der Waals surface area contributed by atoms with Crippen LogP contribution in [0.2, 0.25) is 0 Å². The highest BCUT2D eigenvalue weighted by Gasteiger charge is 2.26. The van der Waals surface area contributed by atoms with Gasteiger partial charge < -0.3 is 15.0 Å². The molecule has 1 unspecified atom stereocenters. The molecule has 1 heterocycles. The number of likely N-dealkylation sites (N-methyl/N-ethyl adjacent to an activating group) is 1. The number of hydrogen-bond acceptors (Lipinski definition) is 5. The average molecular weight is 360 g/mol. The molecule has 142 valence electrons. The van der Waals surface area contributed by atoms with E-state index < -0.39 is 12.1 Å². The molecule has 3 amide bonds. The van der Waals surface area contributed by atoms with Crippen molar-refractivity contribution in [1.82, 2.24) is 15.5 Å². The quantitative estimate of drug-likeness (QED) is 0.801. The molecular weight excluding hydrogens is 332 g/mol. The topological polar surface area (TPSA) is 73.9 Å². The Kier molecular flexibility index (Phi) is 6.11. The van der Waals surface area contributed by atoms with E-state index in [4.69, 9.17) is 4.74 Å². The Bertz CT molecular complexity index is 641. The number of morpholine rings is 1. The summed E-state index contributed by atoms with van der Waals surface area (Å²) in [6.07, 6.45) is 1.99. The van der Waals surface area contributed by atoms with Crippen LogP contribution in [0.3, 0.4) is 0 Å². The second kappa shape index (κ2) is 8.51. The van der Waals surface area contributed by atoms with Crippen molar-refractivity contribution >= 4 is 17.6 Å². The van der Waals surface area contributed by atoms with E-state index in [0.717, 1.165) is 39.1 Å². The maximum Gasteiger partial charge on any atom is 0.321 e. The number of nitrogens with zero attached hydrogens (tertiary/aromatic N) is 2. The number of rotatable bonds is 6. The number of amides is 3. The highest BCUT2D eigenvalue weighted by atomic mass is 16.5. The average Bonchev–Trinajstić information content (AvgIpc) is 3.46. The van der Waals surface area contributed by atoms with Crippen molar-refractivity contribution in [1.29, 1.82) is 0 Å². The first-order chi connectivity index (χ1) is 12.5. The van der Waals surface area contributed by atoms with Gasteiger partial charge in [0.25, 0.3) is 0 Å². The molecule has 1 aliphatic heterocycles. The van der Waals surface area contributed by atoms with Crippen molar-refractivity contribution < 1.29 is 14.3 Å². The minimum Gasteiger partial charge on any atom is -0.378 e. The minimum absolute atomic E-state index is 0.233. The van der Waals surface area contributed by atoms with Gasteiger partial charge in [0.2, 0.25) is 5.91 Å². The van der Waals surface area contributed by atoms with Crippen LogP contribution in [0, 0.1) is 0 Å². The van der Waals surface area contributed by atoms with Crippen molar-refractivity contribution in [3.8, 4) is 0 Å². The van der Waals surface area contributed by atoms with E-state index in [1.807, 2.05) is 31.0 Å². The number of benzene rings is 1. The van der Waals surface area contributed by atoms with Gasteiger partial charge in [0, 0.05) is 31.4 Å². The van der Waals surface area contributed by atoms with Gasteiger partial charge in [-0.25, -0.2) is 4.79 Å². The molecule has 0 aromatic heterocycles. The van der Waals surface area contributed by atoms with E-state index in [-0.39, 0.29) is 11.9 Å². The van der Waals surface area contributed by atoms with Gasteiger partial charge in [-0.2, -0.15) is 0 Å². The number of anilines is 1. The summed E-state index contributed by atoms with van der Waals surface area (Å²) in [4.78, 5) is 28.4. The van der Waals surface area contributed by atoms with E-state index in [9.17, 15) is 9.59 Å². The van der Waals surface area contributed by atoms with Gasteiger partial charge >= 0.3 is 6.03 Å². The predicted octanol–water partition coefficient (Wildman–Crippen LogP) is 1.33. The van der Waals surface area contributed by atoms with Gasteiger partial charge in [-0.15, -0.1) is 0 Å². The van der Waals surface area contributed by atoms with Crippen LogP contribution in [0.1, 0.15) is 25.3 Å². The molecule has 0 spiro atoms. The molecule has 2 aliphatic rings. The Morgan fingerprint density at radius 3 is 2.65 bits per heavy atom. The molecule has 1 aromatic carbocycles. The molecule has 1 saturated heterocycles. The Balaban J connectivity index is 1.58. The van der Waals surface area contributed by atoms with Crippen molar-refractivity contribution in [2.24, 2.45) is 0 Å². The largest absolute Gasteiger partial charge is 0.378 e. The van der Waals surface area contributed by atoms with Crippen molar-refractivity contribution in [3.05, 3.63) is 29.8 Å². The molecule has 1 saturated carbocycles. The Labute approximate surface area is 154 Å². The molecule has 2 N–H and O–H groups in total. The van der Waals surface area contributed by atoms with Crippen LogP contribution in [0.25, 0.3) is 0 Å². The third-order valence-corrected chi connectivity index (χ3v) is 4.95. The third kappa shape index (κ3) is 4.95. The van der Waals surface area contributed by atoms with Gasteiger partial charge in [-0.3, -0.25) is 15.0 Å². The lowest BCUT2D eigenvalue weighted by atomic mass is 10.1. The van der Waals surface area contributed by atoms with Crippen molar-refractivity contribution in [2.45, 2.75) is 38.4 Å². The second-order valence-electron chi connectivity index (χ2n) is 7.06. The number of urea groups is 1. The monoisotopic (exact) mass is 360 g/mol. The van der Waals surface area contributed by atoms with E-state index in [2.05, 4.69) is 27.7 Å². The molecular formula is C19H28N4O3. The zero-order valence-electron chi connectivity index (χ0n) is 15.5. The van der Waals surface area contributed by atoms with Gasteiger partial charge in [0.05, 0.1) is 19.3 Å². The molecule has 1 aromatic rings.